The van der Waals surface area contributed by atoms with Gasteiger partial charge in [-0.15, -0.1) is 0 Å². The van der Waals surface area contributed by atoms with E-state index in [2.05, 4.69) is 120 Å². The zero-order valence-corrected chi connectivity index (χ0v) is 26.0. The molecule has 2 heterocycles. The number of hydrogen-bond donors (Lipinski definition) is 0. The predicted octanol–water partition coefficient (Wildman–Crippen LogP) is 11.1. The van der Waals surface area contributed by atoms with Crippen LogP contribution < -0.4 is 0 Å². The number of fused-ring (bicyclic) bond motifs is 6. The van der Waals surface area contributed by atoms with Gasteiger partial charge in [-0.25, -0.2) is 15.0 Å². The van der Waals surface area contributed by atoms with Crippen LogP contribution >= 0.6 is 0 Å². The van der Waals surface area contributed by atoms with E-state index in [0.29, 0.717) is 17.5 Å². The molecule has 4 heteroatoms. The highest BCUT2D eigenvalue weighted by atomic mass is 15.0. The average Bonchev–Trinajstić information content (AvgIpc) is 3.18. The number of aromatic nitrogens is 4. The first-order valence-corrected chi connectivity index (χ1v) is 16.0. The first-order valence-electron chi connectivity index (χ1n) is 16.0. The zero-order valence-electron chi connectivity index (χ0n) is 26.0. The number of nitrogens with zero attached hydrogens (tertiary/aromatic N) is 4. The topological polar surface area (TPSA) is 51.6 Å². The zero-order chi connectivity index (χ0) is 31.9. The van der Waals surface area contributed by atoms with Crippen LogP contribution in [0.5, 0.6) is 0 Å². The minimum Gasteiger partial charge on any atom is -0.265 e. The molecule has 9 aromatic rings. The van der Waals surface area contributed by atoms with Crippen molar-refractivity contribution in [3.05, 3.63) is 170 Å². The van der Waals surface area contributed by atoms with Gasteiger partial charge >= 0.3 is 0 Å². The van der Waals surface area contributed by atoms with Crippen molar-refractivity contribution in [2.75, 3.05) is 0 Å². The quantitative estimate of drug-likeness (QED) is 0.181. The lowest BCUT2D eigenvalue weighted by Gasteiger charge is -2.12. The molecule has 0 saturated heterocycles. The molecule has 4 nitrogen and oxygen atoms in total. The second-order valence-corrected chi connectivity index (χ2v) is 11.9. The number of rotatable bonds is 5. The van der Waals surface area contributed by atoms with Crippen LogP contribution in [0.1, 0.15) is 0 Å². The maximum absolute atomic E-state index is 4.87. The molecular weight excluding hydrogens is 585 g/mol. The Bertz CT molecular complexity index is 2490. The number of pyridine rings is 1. The summed E-state index contributed by atoms with van der Waals surface area (Å²) in [5.74, 6) is 1.90. The maximum Gasteiger partial charge on any atom is 0.164 e. The molecule has 2 aromatic heterocycles. The van der Waals surface area contributed by atoms with E-state index in [-0.39, 0.29) is 0 Å². The monoisotopic (exact) mass is 612 g/mol. The van der Waals surface area contributed by atoms with Gasteiger partial charge in [0.25, 0.3) is 0 Å². The number of benzene rings is 7. The Kier molecular flexibility index (Phi) is 6.76. The van der Waals surface area contributed by atoms with Gasteiger partial charge in [-0.2, -0.15) is 0 Å². The van der Waals surface area contributed by atoms with E-state index in [1.54, 1.807) is 12.4 Å². The van der Waals surface area contributed by atoms with Crippen molar-refractivity contribution in [2.24, 2.45) is 0 Å². The SMILES string of the molecule is c1ccc(-c2nc(-c3ccncc3)nc(-c3ccc(-c4ccc(-c5ccc6c7ccccc7c7ccccc7c6c5)cc4)cc3)n2)cc1. The fourth-order valence-corrected chi connectivity index (χ4v) is 6.61. The summed E-state index contributed by atoms with van der Waals surface area (Å²) in [6, 6.07) is 55.4. The molecule has 0 atom stereocenters. The minimum atomic E-state index is 0.621. The highest BCUT2D eigenvalue weighted by molar-refractivity contribution is 6.25. The van der Waals surface area contributed by atoms with E-state index in [1.807, 2.05) is 42.5 Å². The molecule has 0 spiro atoms. The van der Waals surface area contributed by atoms with Gasteiger partial charge in [0.1, 0.15) is 0 Å². The van der Waals surface area contributed by atoms with Crippen molar-refractivity contribution in [1.82, 2.24) is 19.9 Å². The van der Waals surface area contributed by atoms with Gasteiger partial charge < -0.3 is 0 Å². The second kappa shape index (κ2) is 11.7. The minimum absolute atomic E-state index is 0.621. The summed E-state index contributed by atoms with van der Waals surface area (Å²) in [7, 11) is 0. The van der Waals surface area contributed by atoms with E-state index >= 15 is 0 Å². The molecule has 224 valence electrons. The summed E-state index contributed by atoms with van der Waals surface area (Å²) in [5.41, 5.74) is 7.46. The molecule has 0 aliphatic heterocycles. The fourth-order valence-electron chi connectivity index (χ4n) is 6.61. The standard InChI is InChI=1S/C44H28N4/c1-2-8-32(9-3-1)42-46-43(48-44(47-42)34-24-26-45-27-25-34)33-20-18-30(19-21-33)29-14-16-31(17-15-29)35-22-23-40-38-12-5-4-10-36(38)37-11-6-7-13-39(37)41(40)28-35/h1-28H. The lowest BCUT2D eigenvalue weighted by molar-refractivity contribution is 1.07. The van der Waals surface area contributed by atoms with Crippen LogP contribution in [0.15, 0.2) is 170 Å². The molecule has 0 N–H and O–H groups in total. The Balaban J connectivity index is 1.05. The molecule has 0 fully saturated rings. The predicted molar refractivity (Wildman–Crippen MR) is 197 cm³/mol. The summed E-state index contributed by atoms with van der Waals surface area (Å²) < 4.78 is 0. The van der Waals surface area contributed by atoms with E-state index in [9.17, 15) is 0 Å². The molecule has 7 aromatic carbocycles. The van der Waals surface area contributed by atoms with Crippen LogP contribution in [0, 0.1) is 0 Å². The Hall–Kier alpha value is -6.52. The Morgan fingerprint density at radius 2 is 0.604 bits per heavy atom. The normalized spacial score (nSPS) is 11.3. The first kappa shape index (κ1) is 27.8. The molecule has 0 radical (unpaired) electrons. The van der Waals surface area contributed by atoms with E-state index < -0.39 is 0 Å². The first-order chi connectivity index (χ1) is 23.8. The van der Waals surface area contributed by atoms with Crippen LogP contribution in [0.25, 0.3) is 88.7 Å². The van der Waals surface area contributed by atoms with E-state index in [4.69, 9.17) is 15.0 Å². The van der Waals surface area contributed by atoms with Gasteiger partial charge in [-0.1, -0.05) is 140 Å². The summed E-state index contributed by atoms with van der Waals surface area (Å²) in [5, 5.41) is 7.72. The molecule has 9 rings (SSSR count). The van der Waals surface area contributed by atoms with E-state index in [0.717, 1.165) is 27.8 Å². The number of hydrogen-bond acceptors (Lipinski definition) is 4. The highest BCUT2D eigenvalue weighted by Crippen LogP contribution is 2.37. The van der Waals surface area contributed by atoms with Gasteiger partial charge in [-0.3, -0.25) is 4.98 Å². The van der Waals surface area contributed by atoms with Crippen LogP contribution in [0.2, 0.25) is 0 Å². The molecule has 0 unspecified atom stereocenters. The van der Waals surface area contributed by atoms with Gasteiger partial charge in [0.2, 0.25) is 0 Å². The third kappa shape index (κ3) is 4.97. The second-order valence-electron chi connectivity index (χ2n) is 11.9. The van der Waals surface area contributed by atoms with Crippen LogP contribution in [0.4, 0.5) is 0 Å². The summed E-state index contributed by atoms with van der Waals surface area (Å²) in [6.45, 7) is 0. The Morgan fingerprint density at radius 1 is 0.250 bits per heavy atom. The van der Waals surface area contributed by atoms with Crippen molar-refractivity contribution in [1.29, 1.82) is 0 Å². The van der Waals surface area contributed by atoms with E-state index in [1.165, 1.54) is 43.4 Å². The Morgan fingerprint density at radius 3 is 1.12 bits per heavy atom. The summed E-state index contributed by atoms with van der Waals surface area (Å²) >= 11 is 0. The van der Waals surface area contributed by atoms with Crippen LogP contribution in [-0.2, 0) is 0 Å². The summed E-state index contributed by atoms with van der Waals surface area (Å²) in [4.78, 5) is 18.7. The third-order valence-electron chi connectivity index (χ3n) is 9.04. The van der Waals surface area contributed by atoms with Crippen molar-refractivity contribution in [2.45, 2.75) is 0 Å². The molecule has 0 saturated carbocycles. The Labute approximate surface area is 278 Å². The average molecular weight is 613 g/mol. The van der Waals surface area contributed by atoms with Gasteiger partial charge in [0.05, 0.1) is 0 Å². The fraction of sp³-hybridized carbons (Fsp3) is 0. The molecule has 48 heavy (non-hydrogen) atoms. The van der Waals surface area contributed by atoms with Gasteiger partial charge in [0, 0.05) is 29.1 Å². The van der Waals surface area contributed by atoms with Crippen molar-refractivity contribution in [3.8, 4) is 56.4 Å². The van der Waals surface area contributed by atoms with Gasteiger partial charge in [0.15, 0.2) is 17.5 Å². The van der Waals surface area contributed by atoms with Crippen molar-refractivity contribution < 1.29 is 0 Å². The third-order valence-corrected chi connectivity index (χ3v) is 9.04. The lowest BCUT2D eigenvalue weighted by Crippen LogP contribution is -2.00. The highest BCUT2D eigenvalue weighted by Gasteiger charge is 2.13. The van der Waals surface area contributed by atoms with Gasteiger partial charge in [-0.05, 0) is 72.8 Å². The molecule has 0 amide bonds. The smallest absolute Gasteiger partial charge is 0.164 e. The van der Waals surface area contributed by atoms with Crippen molar-refractivity contribution >= 4 is 32.3 Å². The lowest BCUT2D eigenvalue weighted by atomic mass is 9.92. The molecular formula is C44H28N4. The van der Waals surface area contributed by atoms with Crippen LogP contribution in [-0.4, -0.2) is 19.9 Å². The largest absolute Gasteiger partial charge is 0.265 e. The molecule has 0 bridgehead atoms. The van der Waals surface area contributed by atoms with Crippen LogP contribution in [0.3, 0.4) is 0 Å². The molecule has 0 aliphatic carbocycles. The summed E-state index contributed by atoms with van der Waals surface area (Å²) in [6.07, 6.45) is 3.51. The maximum atomic E-state index is 4.87. The molecule has 0 aliphatic rings. The van der Waals surface area contributed by atoms with Crippen molar-refractivity contribution in [3.63, 3.8) is 0 Å².